The van der Waals surface area contributed by atoms with E-state index in [4.69, 9.17) is 5.73 Å². The number of anilines is 2. The fraction of sp³-hybridized carbons (Fsp3) is 0.333. The van der Waals surface area contributed by atoms with Gasteiger partial charge in [0, 0.05) is 36.8 Å². The molecule has 2 amide bonds. The number of nitrogen functional groups attached to an aromatic ring is 1. The van der Waals surface area contributed by atoms with Crippen molar-refractivity contribution in [3.63, 3.8) is 0 Å². The lowest BCUT2D eigenvalue weighted by molar-refractivity contribution is -0.134. The maximum atomic E-state index is 12.9. The Morgan fingerprint density at radius 2 is 1.71 bits per heavy atom. The first-order valence-corrected chi connectivity index (χ1v) is 9.20. The Labute approximate surface area is 170 Å². The van der Waals surface area contributed by atoms with Gasteiger partial charge >= 0.3 is 0 Å². The van der Waals surface area contributed by atoms with Gasteiger partial charge in [0.1, 0.15) is 5.82 Å². The van der Waals surface area contributed by atoms with Gasteiger partial charge in [0.25, 0.3) is 0 Å². The lowest BCUT2D eigenvalue weighted by atomic mass is 9.95. The molecule has 1 aliphatic rings. The maximum Gasteiger partial charge on any atom is 0.227 e. The zero-order valence-electron chi connectivity index (χ0n) is 15.6. The van der Waals surface area contributed by atoms with Crippen molar-refractivity contribution in [3.05, 3.63) is 59.9 Å². The second-order valence-corrected chi connectivity index (χ2v) is 6.85. The molecule has 0 saturated carbocycles. The Hall–Kier alpha value is -2.60. The molecule has 7 heteroatoms. The number of para-hydroxylation sites is 1. The summed E-state index contributed by atoms with van der Waals surface area (Å²) in [6, 6.07) is 13.3. The highest BCUT2D eigenvalue weighted by atomic mass is 35.5. The number of nitrogens with one attached hydrogen (secondary N) is 1. The van der Waals surface area contributed by atoms with Crippen LogP contribution in [0.1, 0.15) is 24.8 Å². The van der Waals surface area contributed by atoms with Gasteiger partial charge in [-0.1, -0.05) is 18.2 Å². The number of halogens is 2. The summed E-state index contributed by atoms with van der Waals surface area (Å²) < 4.78 is 12.9. The van der Waals surface area contributed by atoms with E-state index in [0.717, 1.165) is 5.56 Å². The minimum atomic E-state index is -0.336. The lowest BCUT2D eigenvalue weighted by Crippen LogP contribution is -2.41. The van der Waals surface area contributed by atoms with Gasteiger partial charge in [0.2, 0.25) is 11.8 Å². The van der Waals surface area contributed by atoms with E-state index >= 15 is 0 Å². The Morgan fingerprint density at radius 3 is 2.36 bits per heavy atom. The van der Waals surface area contributed by atoms with E-state index in [1.165, 1.54) is 12.1 Å². The van der Waals surface area contributed by atoms with E-state index in [2.05, 4.69) is 5.32 Å². The van der Waals surface area contributed by atoms with Crippen molar-refractivity contribution in [1.82, 2.24) is 4.90 Å². The van der Waals surface area contributed by atoms with Crippen molar-refractivity contribution >= 4 is 35.6 Å². The number of carbonyl (C=O) groups excluding carboxylic acids is 2. The highest BCUT2D eigenvalue weighted by Crippen LogP contribution is 2.21. The molecule has 3 rings (SSSR count). The predicted molar refractivity (Wildman–Crippen MR) is 111 cm³/mol. The zero-order chi connectivity index (χ0) is 19.2. The smallest absolute Gasteiger partial charge is 0.227 e. The fourth-order valence-electron chi connectivity index (χ4n) is 3.33. The number of nitrogens with zero attached hydrogens (tertiary/aromatic N) is 1. The Balaban J connectivity index is 0.00000280. The number of amides is 2. The predicted octanol–water partition coefficient (Wildman–Crippen LogP) is 3.64. The molecule has 1 heterocycles. The standard InChI is InChI=1S/C21H24FN3O2.ClH/c22-17-6-8-18(9-7-17)24-21(27)16-11-13-25(14-12-16)20(26)10-5-15-3-1-2-4-19(15)23;/h1-4,6-9,16H,5,10-14,23H2,(H,24,27);1H. The Morgan fingerprint density at radius 1 is 1.07 bits per heavy atom. The van der Waals surface area contributed by atoms with Crippen LogP contribution in [0.15, 0.2) is 48.5 Å². The largest absolute Gasteiger partial charge is 0.399 e. The number of nitrogens with two attached hydrogens (primary N) is 1. The number of hydrogen-bond donors (Lipinski definition) is 2. The molecule has 0 unspecified atom stereocenters. The van der Waals surface area contributed by atoms with Crippen LogP contribution in [0.4, 0.5) is 15.8 Å². The minimum absolute atomic E-state index is 0. The summed E-state index contributed by atoms with van der Waals surface area (Å²) in [7, 11) is 0. The Bertz CT molecular complexity index is 806. The molecule has 5 nitrogen and oxygen atoms in total. The molecule has 150 valence electrons. The van der Waals surface area contributed by atoms with Crippen molar-refractivity contribution in [1.29, 1.82) is 0 Å². The Kier molecular flexibility index (Phi) is 7.81. The summed E-state index contributed by atoms with van der Waals surface area (Å²) in [6.45, 7) is 1.15. The zero-order valence-corrected chi connectivity index (χ0v) is 16.4. The van der Waals surface area contributed by atoms with Crippen molar-refractivity contribution in [2.24, 2.45) is 5.92 Å². The summed E-state index contributed by atoms with van der Waals surface area (Å²) in [5.41, 5.74) is 8.20. The molecule has 0 aromatic heterocycles. The topological polar surface area (TPSA) is 75.4 Å². The third-order valence-electron chi connectivity index (χ3n) is 4.99. The fourth-order valence-corrected chi connectivity index (χ4v) is 3.33. The molecule has 1 aliphatic heterocycles. The van der Waals surface area contributed by atoms with E-state index in [0.29, 0.717) is 50.1 Å². The summed E-state index contributed by atoms with van der Waals surface area (Å²) in [6.07, 6.45) is 2.30. The molecule has 3 N–H and O–H groups in total. The highest BCUT2D eigenvalue weighted by molar-refractivity contribution is 5.92. The number of benzene rings is 2. The number of rotatable bonds is 5. The van der Waals surface area contributed by atoms with Gasteiger partial charge in [-0.25, -0.2) is 4.39 Å². The van der Waals surface area contributed by atoms with E-state index in [1.54, 1.807) is 12.1 Å². The van der Waals surface area contributed by atoms with Crippen LogP contribution >= 0.6 is 12.4 Å². The van der Waals surface area contributed by atoms with Gasteiger partial charge in [-0.2, -0.15) is 0 Å². The van der Waals surface area contributed by atoms with Crippen LogP contribution < -0.4 is 11.1 Å². The molecule has 0 radical (unpaired) electrons. The van der Waals surface area contributed by atoms with Crippen LogP contribution in [0.25, 0.3) is 0 Å². The third kappa shape index (κ3) is 5.70. The molecule has 0 aliphatic carbocycles. The number of piperidine rings is 1. The van der Waals surface area contributed by atoms with E-state index in [9.17, 15) is 14.0 Å². The maximum absolute atomic E-state index is 12.9. The van der Waals surface area contributed by atoms with Crippen LogP contribution in [0.5, 0.6) is 0 Å². The van der Waals surface area contributed by atoms with Crippen LogP contribution in [0.2, 0.25) is 0 Å². The van der Waals surface area contributed by atoms with E-state index in [1.807, 2.05) is 29.2 Å². The van der Waals surface area contributed by atoms with Gasteiger partial charge in [0.05, 0.1) is 0 Å². The van der Waals surface area contributed by atoms with Gasteiger partial charge in [0.15, 0.2) is 0 Å². The average Bonchev–Trinajstić information content (AvgIpc) is 2.69. The lowest BCUT2D eigenvalue weighted by Gasteiger charge is -2.31. The molecule has 1 fully saturated rings. The normalized spacial score (nSPS) is 14.2. The summed E-state index contributed by atoms with van der Waals surface area (Å²) in [4.78, 5) is 26.6. The number of hydrogen-bond acceptors (Lipinski definition) is 3. The third-order valence-corrected chi connectivity index (χ3v) is 4.99. The van der Waals surface area contributed by atoms with Crippen molar-refractivity contribution in [2.45, 2.75) is 25.7 Å². The SMILES string of the molecule is Cl.Nc1ccccc1CCC(=O)N1CCC(C(=O)Nc2ccc(F)cc2)CC1. The van der Waals surface area contributed by atoms with E-state index < -0.39 is 0 Å². The molecule has 28 heavy (non-hydrogen) atoms. The minimum Gasteiger partial charge on any atom is -0.399 e. The average molecular weight is 406 g/mol. The van der Waals surface area contributed by atoms with Crippen LogP contribution in [-0.2, 0) is 16.0 Å². The van der Waals surface area contributed by atoms with Crippen molar-refractivity contribution < 1.29 is 14.0 Å². The van der Waals surface area contributed by atoms with Crippen LogP contribution in [-0.4, -0.2) is 29.8 Å². The first kappa shape index (κ1) is 21.7. The van der Waals surface area contributed by atoms with Gasteiger partial charge in [-0.15, -0.1) is 12.4 Å². The molecule has 2 aromatic rings. The second kappa shape index (κ2) is 10.1. The molecule has 1 saturated heterocycles. The molecular weight excluding hydrogens is 381 g/mol. The molecule has 0 spiro atoms. The van der Waals surface area contributed by atoms with Gasteiger partial charge in [-0.05, 0) is 55.2 Å². The molecule has 0 atom stereocenters. The molecule has 2 aromatic carbocycles. The van der Waals surface area contributed by atoms with Crippen LogP contribution in [0.3, 0.4) is 0 Å². The first-order chi connectivity index (χ1) is 13.0. The first-order valence-electron chi connectivity index (χ1n) is 9.20. The molecule has 0 bridgehead atoms. The summed E-state index contributed by atoms with van der Waals surface area (Å²) in [5, 5.41) is 2.81. The van der Waals surface area contributed by atoms with Crippen molar-refractivity contribution in [2.75, 3.05) is 24.1 Å². The van der Waals surface area contributed by atoms with Crippen LogP contribution in [0, 0.1) is 11.7 Å². The quantitative estimate of drug-likeness (QED) is 0.745. The van der Waals surface area contributed by atoms with Crippen molar-refractivity contribution in [3.8, 4) is 0 Å². The number of aryl methyl sites for hydroxylation is 1. The summed E-state index contributed by atoms with van der Waals surface area (Å²) in [5.74, 6) is -0.456. The monoisotopic (exact) mass is 405 g/mol. The highest BCUT2D eigenvalue weighted by Gasteiger charge is 2.27. The summed E-state index contributed by atoms with van der Waals surface area (Å²) >= 11 is 0. The molecular formula is C21H25ClFN3O2. The van der Waals surface area contributed by atoms with Gasteiger partial charge in [-0.3, -0.25) is 9.59 Å². The number of likely N-dealkylation sites (tertiary alicyclic amines) is 1. The second-order valence-electron chi connectivity index (χ2n) is 6.85. The van der Waals surface area contributed by atoms with Gasteiger partial charge < -0.3 is 16.0 Å². The van der Waals surface area contributed by atoms with E-state index in [-0.39, 0.29) is 36.0 Å². The number of carbonyl (C=O) groups is 2.